The van der Waals surface area contributed by atoms with Gasteiger partial charge in [0, 0.05) is 26.6 Å². The van der Waals surface area contributed by atoms with Crippen LogP contribution < -0.4 is 0 Å². The van der Waals surface area contributed by atoms with Gasteiger partial charge in [-0.1, -0.05) is 39.0 Å². The topological polar surface area (TPSA) is 0 Å². The van der Waals surface area contributed by atoms with E-state index in [4.69, 9.17) is 0 Å². The molecule has 0 unspecified atom stereocenters. The SMILES string of the molecule is CC[Si](C)(C)CC.[V]. The van der Waals surface area contributed by atoms with Gasteiger partial charge in [0.15, 0.2) is 0 Å². The van der Waals surface area contributed by atoms with Crippen LogP contribution in [0.5, 0.6) is 0 Å². The van der Waals surface area contributed by atoms with Gasteiger partial charge in [0.05, 0.1) is 0 Å². The first-order valence-corrected chi connectivity index (χ1v) is 6.54. The average Bonchev–Trinajstić information content (AvgIpc) is 1.68. The Balaban J connectivity index is 0. The third-order valence-electron chi connectivity index (χ3n) is 1.91. The van der Waals surface area contributed by atoms with Crippen LogP contribution in [0.1, 0.15) is 13.8 Å². The predicted molar refractivity (Wildman–Crippen MR) is 38.4 cm³/mol. The Kier molecular flexibility index (Phi) is 6.74. The summed E-state index contributed by atoms with van der Waals surface area (Å²) in [4.78, 5) is 0. The fourth-order valence-electron chi connectivity index (χ4n) is 0.250. The van der Waals surface area contributed by atoms with E-state index in [2.05, 4.69) is 26.9 Å². The average molecular weight is 167 g/mol. The van der Waals surface area contributed by atoms with Crippen LogP contribution in [0.2, 0.25) is 25.2 Å². The van der Waals surface area contributed by atoms with Gasteiger partial charge in [-0.05, 0) is 0 Å². The molecule has 0 heterocycles. The molecule has 0 N–H and O–H groups in total. The minimum atomic E-state index is -0.651. The van der Waals surface area contributed by atoms with Gasteiger partial charge >= 0.3 is 0 Å². The standard InChI is InChI=1S/C6H16Si.V/c1-5-7(3,4)6-2;/h5-6H2,1-4H3;. The van der Waals surface area contributed by atoms with Crippen molar-refractivity contribution in [2.75, 3.05) is 0 Å². The van der Waals surface area contributed by atoms with Crippen LogP contribution >= 0.6 is 0 Å². The number of hydrogen-bond acceptors (Lipinski definition) is 0. The second-order valence-electron chi connectivity index (χ2n) is 2.87. The summed E-state index contributed by atoms with van der Waals surface area (Å²) in [6.07, 6.45) is 0. The Labute approximate surface area is 66.0 Å². The first-order valence-electron chi connectivity index (χ1n) is 3.12. The van der Waals surface area contributed by atoms with Crippen LogP contribution in [0.3, 0.4) is 0 Å². The summed E-state index contributed by atoms with van der Waals surface area (Å²) in [5.74, 6) is 0. The normalized spacial score (nSPS) is 10.5. The van der Waals surface area contributed by atoms with Gasteiger partial charge in [-0.2, -0.15) is 0 Å². The van der Waals surface area contributed by atoms with Crippen molar-refractivity contribution in [3.8, 4) is 0 Å². The molecule has 0 aromatic carbocycles. The summed E-state index contributed by atoms with van der Waals surface area (Å²) in [6, 6.07) is 2.87. The third kappa shape index (κ3) is 4.95. The Morgan fingerprint density at radius 2 is 1.25 bits per heavy atom. The maximum atomic E-state index is 2.44. The molecule has 1 radical (unpaired) electrons. The second kappa shape index (κ2) is 4.66. The second-order valence-corrected chi connectivity index (χ2v) is 8.61. The Morgan fingerprint density at radius 3 is 1.25 bits per heavy atom. The first-order chi connectivity index (χ1) is 3.12. The molecule has 0 aliphatic heterocycles. The molecule has 0 rings (SSSR count). The van der Waals surface area contributed by atoms with E-state index in [1.807, 2.05) is 0 Å². The van der Waals surface area contributed by atoms with Gasteiger partial charge in [-0.25, -0.2) is 0 Å². The molecule has 2 heteroatoms. The van der Waals surface area contributed by atoms with Gasteiger partial charge in [0.2, 0.25) is 0 Å². The molecule has 0 saturated heterocycles. The minimum absolute atomic E-state index is 0. The van der Waals surface area contributed by atoms with E-state index in [9.17, 15) is 0 Å². The molecule has 0 amide bonds. The Hall–Kier alpha value is 0.801. The quantitative estimate of drug-likeness (QED) is 0.555. The van der Waals surface area contributed by atoms with Crippen molar-refractivity contribution < 1.29 is 18.6 Å². The molecule has 0 atom stereocenters. The summed E-state index contributed by atoms with van der Waals surface area (Å²) >= 11 is 0. The monoisotopic (exact) mass is 167 g/mol. The molecular weight excluding hydrogens is 151 g/mol. The summed E-state index contributed by atoms with van der Waals surface area (Å²) in [5, 5.41) is 0. The van der Waals surface area contributed by atoms with Crippen molar-refractivity contribution in [1.29, 1.82) is 0 Å². The Bertz CT molecular complexity index is 46.5. The molecule has 0 saturated carbocycles. The van der Waals surface area contributed by atoms with Crippen LogP contribution in [0.25, 0.3) is 0 Å². The van der Waals surface area contributed by atoms with E-state index < -0.39 is 8.07 Å². The summed E-state index contributed by atoms with van der Waals surface area (Å²) in [7, 11) is -0.651. The predicted octanol–water partition coefficient (Wildman–Crippen LogP) is 2.73. The molecule has 8 heavy (non-hydrogen) atoms. The van der Waals surface area contributed by atoms with Crippen molar-refractivity contribution in [2.24, 2.45) is 0 Å². The maximum Gasteiger partial charge on any atom is 0.0468 e. The van der Waals surface area contributed by atoms with E-state index in [1.54, 1.807) is 0 Å². The fraction of sp³-hybridized carbons (Fsp3) is 1.00. The van der Waals surface area contributed by atoms with Gasteiger partial charge in [0.1, 0.15) is 0 Å². The molecule has 0 aliphatic carbocycles. The summed E-state index contributed by atoms with van der Waals surface area (Å²) < 4.78 is 0. The van der Waals surface area contributed by atoms with E-state index in [0.717, 1.165) is 0 Å². The van der Waals surface area contributed by atoms with E-state index >= 15 is 0 Å². The van der Waals surface area contributed by atoms with Gasteiger partial charge in [-0.15, -0.1) is 0 Å². The zero-order valence-corrected chi connectivity index (χ0v) is 8.76. The zero-order chi connectivity index (χ0) is 5.91. The molecular formula is C6H16SiV. The van der Waals surface area contributed by atoms with Crippen LogP contribution in [0.4, 0.5) is 0 Å². The zero-order valence-electron chi connectivity index (χ0n) is 6.36. The molecule has 0 spiro atoms. The summed E-state index contributed by atoms with van der Waals surface area (Å²) in [6.45, 7) is 9.48. The first kappa shape index (κ1) is 11.6. The minimum Gasteiger partial charge on any atom is -0.0694 e. The molecule has 0 aromatic rings. The molecule has 0 aromatic heterocycles. The number of rotatable bonds is 2. The van der Waals surface area contributed by atoms with Crippen LogP contribution in [-0.2, 0) is 18.6 Å². The smallest absolute Gasteiger partial charge is 0.0468 e. The van der Waals surface area contributed by atoms with Gasteiger partial charge < -0.3 is 0 Å². The van der Waals surface area contributed by atoms with Crippen molar-refractivity contribution in [3.05, 3.63) is 0 Å². The largest absolute Gasteiger partial charge is 0.0694 e. The van der Waals surface area contributed by atoms with Crippen molar-refractivity contribution in [3.63, 3.8) is 0 Å². The summed E-state index contributed by atoms with van der Waals surface area (Å²) in [5.41, 5.74) is 0. The van der Waals surface area contributed by atoms with Crippen LogP contribution in [0, 0.1) is 0 Å². The number of hydrogen-bond donors (Lipinski definition) is 0. The molecule has 0 aliphatic rings. The van der Waals surface area contributed by atoms with Gasteiger partial charge in [-0.3, -0.25) is 0 Å². The molecule has 0 fully saturated rings. The van der Waals surface area contributed by atoms with Crippen molar-refractivity contribution in [1.82, 2.24) is 0 Å². The molecule has 49 valence electrons. The molecule has 0 bridgehead atoms. The third-order valence-corrected chi connectivity index (χ3v) is 5.74. The van der Waals surface area contributed by atoms with E-state index in [-0.39, 0.29) is 18.6 Å². The fourth-order valence-corrected chi connectivity index (χ4v) is 0.750. The maximum absolute atomic E-state index is 2.44. The Morgan fingerprint density at radius 1 is 1.00 bits per heavy atom. The van der Waals surface area contributed by atoms with Crippen LogP contribution in [-0.4, -0.2) is 8.07 Å². The van der Waals surface area contributed by atoms with E-state index in [1.165, 1.54) is 12.1 Å². The van der Waals surface area contributed by atoms with Crippen molar-refractivity contribution in [2.45, 2.75) is 39.0 Å². The van der Waals surface area contributed by atoms with Gasteiger partial charge in [0.25, 0.3) is 0 Å². The van der Waals surface area contributed by atoms with Crippen LogP contribution in [0.15, 0.2) is 0 Å². The van der Waals surface area contributed by atoms with E-state index in [0.29, 0.717) is 0 Å². The molecule has 0 nitrogen and oxygen atoms in total. The van der Waals surface area contributed by atoms with Crippen molar-refractivity contribution >= 4 is 8.07 Å².